The highest BCUT2D eigenvalue weighted by molar-refractivity contribution is 5.66. The molecule has 0 aromatic carbocycles. The minimum atomic E-state index is -0.186. The van der Waals surface area contributed by atoms with Crippen molar-refractivity contribution in [2.24, 2.45) is 52.3 Å². The maximum absolute atomic E-state index is 12.4. The van der Waals surface area contributed by atoms with Gasteiger partial charge in [0.2, 0.25) is 0 Å². The van der Waals surface area contributed by atoms with Gasteiger partial charge in [-0.15, -0.1) is 0 Å². The van der Waals surface area contributed by atoms with Crippen LogP contribution in [0.1, 0.15) is 99.3 Å². The summed E-state index contributed by atoms with van der Waals surface area (Å²) in [6, 6.07) is 0. The van der Waals surface area contributed by atoms with Crippen LogP contribution >= 0.6 is 0 Å². The van der Waals surface area contributed by atoms with Crippen LogP contribution in [0.25, 0.3) is 0 Å². The number of ether oxygens (including phenoxy) is 2. The van der Waals surface area contributed by atoms with Gasteiger partial charge in [0, 0.05) is 26.4 Å². The van der Waals surface area contributed by atoms with Gasteiger partial charge in [0.25, 0.3) is 0 Å². The lowest BCUT2D eigenvalue weighted by Crippen LogP contribution is -2.63. The Morgan fingerprint density at radius 2 is 1.59 bits per heavy atom. The first-order valence-electron chi connectivity index (χ1n) is 14.0. The molecule has 4 aliphatic carbocycles. The summed E-state index contributed by atoms with van der Waals surface area (Å²) in [5, 5.41) is 9.62. The van der Waals surface area contributed by atoms with Crippen molar-refractivity contribution in [3.8, 4) is 0 Å². The van der Waals surface area contributed by atoms with Crippen molar-refractivity contribution in [1.82, 2.24) is 0 Å². The van der Waals surface area contributed by atoms with E-state index in [4.69, 9.17) is 9.47 Å². The molecule has 0 saturated heterocycles. The van der Waals surface area contributed by atoms with Gasteiger partial charge in [0.1, 0.15) is 12.2 Å². The predicted octanol–water partition coefficient (Wildman–Crippen LogP) is 5.77. The molecule has 4 rings (SSSR count). The molecular weight excluding hydrogens is 428 g/mol. The normalized spacial score (nSPS) is 46.6. The summed E-state index contributed by atoms with van der Waals surface area (Å²) < 4.78 is 12.0. The zero-order chi connectivity index (χ0) is 24.8. The van der Waals surface area contributed by atoms with Gasteiger partial charge in [-0.3, -0.25) is 9.59 Å². The topological polar surface area (TPSA) is 72.8 Å². The van der Waals surface area contributed by atoms with E-state index in [2.05, 4.69) is 27.7 Å². The Labute approximate surface area is 206 Å². The molecule has 4 unspecified atom stereocenters. The number of esters is 2. The van der Waals surface area contributed by atoms with Crippen LogP contribution in [0.3, 0.4) is 0 Å². The Hall–Kier alpha value is -1.10. The number of fused-ring (bicyclic) bond motifs is 5. The van der Waals surface area contributed by atoms with Crippen LogP contribution in [0.15, 0.2) is 0 Å². The molecule has 5 heteroatoms. The average molecular weight is 477 g/mol. The van der Waals surface area contributed by atoms with Gasteiger partial charge in [-0.05, 0) is 104 Å². The van der Waals surface area contributed by atoms with Crippen molar-refractivity contribution >= 4 is 11.9 Å². The molecule has 0 aliphatic heterocycles. The fraction of sp³-hybridized carbons (Fsp3) is 0.931. The Morgan fingerprint density at radius 1 is 0.941 bits per heavy atom. The molecule has 0 aromatic heterocycles. The number of hydrogen-bond donors (Lipinski definition) is 1. The summed E-state index contributed by atoms with van der Waals surface area (Å²) in [4.78, 5) is 24.1. The van der Waals surface area contributed by atoms with Crippen molar-refractivity contribution in [3.63, 3.8) is 0 Å². The lowest BCUT2D eigenvalue weighted by Gasteiger charge is -2.65. The molecular formula is C29H48O5. The Balaban J connectivity index is 1.70. The van der Waals surface area contributed by atoms with Gasteiger partial charge in [-0.1, -0.05) is 27.7 Å². The highest BCUT2D eigenvalue weighted by atomic mass is 16.5. The Bertz CT molecular complexity index is 766. The molecule has 1 N–H and O–H groups in total. The predicted molar refractivity (Wildman–Crippen MR) is 132 cm³/mol. The second kappa shape index (κ2) is 9.75. The number of carbonyl (C=O) groups is 2. The number of rotatable bonds is 6. The molecule has 4 aliphatic rings. The van der Waals surface area contributed by atoms with Crippen molar-refractivity contribution in [2.75, 3.05) is 6.61 Å². The Morgan fingerprint density at radius 3 is 2.21 bits per heavy atom. The zero-order valence-electron chi connectivity index (χ0n) is 22.3. The van der Waals surface area contributed by atoms with Crippen molar-refractivity contribution in [2.45, 2.75) is 112 Å². The fourth-order valence-electron chi connectivity index (χ4n) is 9.98. The molecule has 34 heavy (non-hydrogen) atoms. The second-order valence-corrected chi connectivity index (χ2v) is 12.8. The third-order valence-corrected chi connectivity index (χ3v) is 11.3. The standard InChI is InChI=1S/C29H48O5/c1-7-21-25-16-20(33-18(3)31)10-13-29(25,6)24-11-14-28(5)22(17(2)12-15-30)8-9-23(28)26(24)27(21)34-19(4)32/h17,20-27,30H,7-16H2,1-6H3/t17-,20-,21-,22?,23?,24?,25+,26?,27-,28-,29-/m1/s1. The monoisotopic (exact) mass is 476 g/mol. The number of aliphatic hydroxyl groups is 1. The summed E-state index contributed by atoms with van der Waals surface area (Å²) >= 11 is 0. The number of aliphatic hydroxyl groups excluding tert-OH is 1. The van der Waals surface area contributed by atoms with Crippen molar-refractivity contribution < 1.29 is 24.2 Å². The third-order valence-electron chi connectivity index (χ3n) is 11.3. The van der Waals surface area contributed by atoms with E-state index in [0.29, 0.717) is 41.4 Å². The van der Waals surface area contributed by atoms with Gasteiger partial charge < -0.3 is 14.6 Å². The lowest BCUT2D eigenvalue weighted by atomic mass is 9.41. The summed E-state index contributed by atoms with van der Waals surface area (Å²) in [6.07, 6.45) is 9.61. The number of carbonyl (C=O) groups excluding carboxylic acids is 2. The summed E-state index contributed by atoms with van der Waals surface area (Å²) in [5.41, 5.74) is 0.458. The molecule has 11 atom stereocenters. The van der Waals surface area contributed by atoms with Crippen LogP contribution in [-0.2, 0) is 19.1 Å². The van der Waals surface area contributed by atoms with E-state index in [0.717, 1.165) is 32.1 Å². The molecule has 0 heterocycles. The molecule has 4 fully saturated rings. The lowest BCUT2D eigenvalue weighted by molar-refractivity contribution is -0.219. The molecule has 194 valence electrons. The van der Waals surface area contributed by atoms with Crippen LogP contribution in [0.5, 0.6) is 0 Å². The molecule has 0 bridgehead atoms. The van der Waals surface area contributed by atoms with Crippen LogP contribution in [0.4, 0.5) is 0 Å². The van der Waals surface area contributed by atoms with Crippen molar-refractivity contribution in [1.29, 1.82) is 0 Å². The van der Waals surface area contributed by atoms with Crippen molar-refractivity contribution in [3.05, 3.63) is 0 Å². The highest BCUT2D eigenvalue weighted by Crippen LogP contribution is 2.70. The number of hydrogen-bond acceptors (Lipinski definition) is 5. The second-order valence-electron chi connectivity index (χ2n) is 12.8. The van der Waals surface area contributed by atoms with E-state index in [9.17, 15) is 14.7 Å². The minimum absolute atomic E-state index is 0.0109. The fourth-order valence-corrected chi connectivity index (χ4v) is 9.98. The molecule has 5 nitrogen and oxygen atoms in total. The summed E-state index contributed by atoms with van der Waals surface area (Å²) in [7, 11) is 0. The molecule has 0 radical (unpaired) electrons. The van der Waals surface area contributed by atoms with E-state index in [1.165, 1.54) is 32.6 Å². The van der Waals surface area contributed by atoms with Gasteiger partial charge in [-0.25, -0.2) is 0 Å². The van der Waals surface area contributed by atoms with E-state index in [-0.39, 0.29) is 41.6 Å². The average Bonchev–Trinajstić information content (AvgIpc) is 3.11. The quantitative estimate of drug-likeness (QED) is 0.493. The molecule has 4 saturated carbocycles. The molecule has 0 spiro atoms. The van der Waals surface area contributed by atoms with E-state index < -0.39 is 0 Å². The van der Waals surface area contributed by atoms with Crippen LogP contribution < -0.4 is 0 Å². The first-order chi connectivity index (χ1) is 16.1. The van der Waals surface area contributed by atoms with Gasteiger partial charge in [0.15, 0.2) is 0 Å². The Kier molecular flexibility index (Phi) is 7.45. The van der Waals surface area contributed by atoms with Gasteiger partial charge in [0.05, 0.1) is 0 Å². The van der Waals surface area contributed by atoms with Crippen LogP contribution in [-0.4, -0.2) is 35.9 Å². The summed E-state index contributed by atoms with van der Waals surface area (Å²) in [6.45, 7) is 12.9. The van der Waals surface area contributed by atoms with E-state index >= 15 is 0 Å². The largest absolute Gasteiger partial charge is 0.463 e. The maximum atomic E-state index is 12.4. The first-order valence-corrected chi connectivity index (χ1v) is 14.0. The maximum Gasteiger partial charge on any atom is 0.302 e. The smallest absolute Gasteiger partial charge is 0.302 e. The van der Waals surface area contributed by atoms with Crippen LogP contribution in [0.2, 0.25) is 0 Å². The molecule has 0 amide bonds. The molecule has 0 aromatic rings. The highest BCUT2D eigenvalue weighted by Gasteiger charge is 2.66. The first kappa shape index (κ1) is 26.0. The summed E-state index contributed by atoms with van der Waals surface area (Å²) in [5.74, 6) is 3.06. The zero-order valence-corrected chi connectivity index (χ0v) is 22.3. The van der Waals surface area contributed by atoms with E-state index in [1.54, 1.807) is 6.92 Å². The van der Waals surface area contributed by atoms with Gasteiger partial charge in [-0.2, -0.15) is 0 Å². The SMILES string of the molecule is CC[C@H]1[C@@H](OC(C)=O)C2C3CCC([C@H](C)CCO)[C@@]3(C)CCC2[C@@]2(C)CC[C@@H](OC(C)=O)C[C@@H]12. The van der Waals surface area contributed by atoms with Gasteiger partial charge >= 0.3 is 11.9 Å². The third kappa shape index (κ3) is 4.22. The van der Waals surface area contributed by atoms with E-state index in [1.807, 2.05) is 0 Å². The van der Waals surface area contributed by atoms with Crippen LogP contribution in [0, 0.1) is 52.3 Å². The minimum Gasteiger partial charge on any atom is -0.463 e.